The van der Waals surface area contributed by atoms with Crippen LogP contribution in [0.5, 0.6) is 23.0 Å². The molecule has 37 heavy (non-hydrogen) atoms. The van der Waals surface area contributed by atoms with Crippen molar-refractivity contribution in [3.05, 3.63) is 46.5 Å². The van der Waals surface area contributed by atoms with Crippen LogP contribution in [0.2, 0.25) is 0 Å². The van der Waals surface area contributed by atoms with Crippen molar-refractivity contribution in [3.63, 3.8) is 0 Å². The molecule has 2 aromatic carbocycles. The van der Waals surface area contributed by atoms with Crippen molar-refractivity contribution in [2.24, 2.45) is 0 Å². The van der Waals surface area contributed by atoms with Crippen molar-refractivity contribution in [1.29, 1.82) is 0 Å². The molecule has 0 atom stereocenters. The van der Waals surface area contributed by atoms with Crippen LogP contribution in [0.25, 0.3) is 0 Å². The predicted molar refractivity (Wildman–Crippen MR) is 149 cm³/mol. The monoisotopic (exact) mass is 536 g/mol. The van der Waals surface area contributed by atoms with E-state index >= 15 is 0 Å². The van der Waals surface area contributed by atoms with E-state index in [1.165, 1.54) is 0 Å². The Morgan fingerprint density at radius 1 is 0.649 bits per heavy atom. The molecule has 9 heteroatoms. The van der Waals surface area contributed by atoms with E-state index in [0.717, 1.165) is 35.7 Å². The van der Waals surface area contributed by atoms with Gasteiger partial charge in [-0.1, -0.05) is 27.7 Å². The SMILES string of the molecule is Cc1cc(OCCN(C)C)c(C(C)C)cc1OS(=O)(=O)Oc1cc(C(C)C)c(OCCN(C)C)cc1C. The van der Waals surface area contributed by atoms with Gasteiger partial charge in [-0.3, -0.25) is 0 Å². The smallest absolute Gasteiger partial charge is 0.492 e. The second kappa shape index (κ2) is 13.3. The zero-order chi connectivity index (χ0) is 27.9. The third-order valence-electron chi connectivity index (χ3n) is 5.83. The standard InChI is InChI=1S/C28H44N2O6S/c1-19(2)23-17-25(21(5)15-27(23)33-13-11-29(7)8)35-37(31,32)36-26-18-24(20(3)4)28(16-22(26)6)34-14-12-30(9)10/h15-20H,11-14H2,1-10H3. The van der Waals surface area contributed by atoms with Gasteiger partial charge in [0.15, 0.2) is 0 Å². The highest BCUT2D eigenvalue weighted by molar-refractivity contribution is 7.82. The van der Waals surface area contributed by atoms with Gasteiger partial charge < -0.3 is 27.6 Å². The lowest BCUT2D eigenvalue weighted by atomic mass is 10.00. The lowest BCUT2D eigenvalue weighted by Crippen LogP contribution is -2.20. The molecule has 0 bridgehead atoms. The van der Waals surface area contributed by atoms with E-state index in [-0.39, 0.29) is 23.3 Å². The fourth-order valence-corrected chi connectivity index (χ4v) is 4.43. The molecule has 0 aromatic heterocycles. The van der Waals surface area contributed by atoms with Crippen LogP contribution in [0.15, 0.2) is 24.3 Å². The first-order valence-electron chi connectivity index (χ1n) is 12.7. The second-order valence-corrected chi connectivity index (χ2v) is 11.6. The Bertz CT molecular complexity index is 1060. The first kappa shape index (κ1) is 30.7. The summed E-state index contributed by atoms with van der Waals surface area (Å²) in [6, 6.07) is 7.08. The van der Waals surface area contributed by atoms with Crippen LogP contribution in [0.4, 0.5) is 0 Å². The van der Waals surface area contributed by atoms with E-state index in [1.807, 2.05) is 77.8 Å². The van der Waals surface area contributed by atoms with Gasteiger partial charge in [0, 0.05) is 24.2 Å². The molecule has 0 saturated heterocycles. The van der Waals surface area contributed by atoms with E-state index < -0.39 is 10.4 Å². The molecule has 0 aliphatic rings. The molecule has 0 aliphatic heterocycles. The molecule has 0 spiro atoms. The number of aryl methyl sites for hydroxylation is 2. The van der Waals surface area contributed by atoms with E-state index in [2.05, 4.69) is 0 Å². The minimum atomic E-state index is -4.39. The van der Waals surface area contributed by atoms with Crippen LogP contribution >= 0.6 is 0 Å². The Kier molecular flexibility index (Phi) is 11.1. The molecule has 0 N–H and O–H groups in total. The molecule has 0 aliphatic carbocycles. The molecular formula is C28H44N2O6S. The average Bonchev–Trinajstić information content (AvgIpc) is 2.76. The largest absolute Gasteiger partial charge is 0.501 e. The van der Waals surface area contributed by atoms with Crippen LogP contribution in [-0.2, 0) is 10.4 Å². The van der Waals surface area contributed by atoms with Crippen LogP contribution in [0.3, 0.4) is 0 Å². The van der Waals surface area contributed by atoms with E-state index in [4.69, 9.17) is 17.8 Å². The number of rotatable bonds is 14. The summed E-state index contributed by atoms with van der Waals surface area (Å²) in [5.41, 5.74) is 3.01. The first-order chi connectivity index (χ1) is 17.2. The van der Waals surface area contributed by atoms with Crippen molar-refractivity contribution < 1.29 is 26.3 Å². The molecule has 2 rings (SSSR count). The molecule has 0 radical (unpaired) electrons. The zero-order valence-corrected chi connectivity index (χ0v) is 24.9. The molecule has 208 valence electrons. The van der Waals surface area contributed by atoms with Crippen molar-refractivity contribution in [2.45, 2.75) is 53.4 Å². The highest BCUT2D eigenvalue weighted by Crippen LogP contribution is 2.36. The van der Waals surface area contributed by atoms with Gasteiger partial charge in [-0.05, 0) is 89.3 Å². The molecule has 0 saturated carbocycles. The average molecular weight is 537 g/mol. The number of hydrogen-bond donors (Lipinski definition) is 0. The van der Waals surface area contributed by atoms with Crippen molar-refractivity contribution >= 4 is 10.4 Å². The highest BCUT2D eigenvalue weighted by Gasteiger charge is 2.23. The van der Waals surface area contributed by atoms with Gasteiger partial charge in [0.25, 0.3) is 0 Å². The van der Waals surface area contributed by atoms with Crippen LogP contribution in [0, 0.1) is 13.8 Å². The third kappa shape index (κ3) is 9.39. The number of benzene rings is 2. The molecule has 2 aromatic rings. The second-order valence-electron chi connectivity index (χ2n) is 10.5. The molecule has 8 nitrogen and oxygen atoms in total. The fourth-order valence-electron chi connectivity index (χ4n) is 3.60. The molecular weight excluding hydrogens is 492 g/mol. The summed E-state index contributed by atoms with van der Waals surface area (Å²) in [5.74, 6) is 2.10. The fraction of sp³-hybridized carbons (Fsp3) is 0.571. The Labute approximate surface area is 223 Å². The van der Waals surface area contributed by atoms with Crippen LogP contribution in [0.1, 0.15) is 61.8 Å². The Morgan fingerprint density at radius 2 is 1.00 bits per heavy atom. The highest BCUT2D eigenvalue weighted by atomic mass is 32.3. The van der Waals surface area contributed by atoms with Crippen molar-refractivity contribution in [3.8, 4) is 23.0 Å². The lowest BCUT2D eigenvalue weighted by molar-refractivity contribution is 0.258. The quantitative estimate of drug-likeness (QED) is 0.329. The van der Waals surface area contributed by atoms with E-state index in [1.54, 1.807) is 26.0 Å². The maximum atomic E-state index is 13.0. The first-order valence-corrected chi connectivity index (χ1v) is 14.0. The van der Waals surface area contributed by atoms with Crippen LogP contribution < -0.4 is 17.8 Å². The van der Waals surface area contributed by atoms with Crippen molar-refractivity contribution in [2.75, 3.05) is 54.5 Å². The van der Waals surface area contributed by atoms with E-state index in [9.17, 15) is 8.42 Å². The summed E-state index contributed by atoms with van der Waals surface area (Å²) in [7, 11) is 3.54. The number of hydrogen-bond acceptors (Lipinski definition) is 8. The minimum Gasteiger partial charge on any atom is -0.492 e. The maximum Gasteiger partial charge on any atom is 0.501 e. The number of ether oxygens (including phenoxy) is 2. The predicted octanol–water partition coefficient (Wildman–Crippen LogP) is 5.13. The van der Waals surface area contributed by atoms with Gasteiger partial charge in [-0.15, -0.1) is 8.42 Å². The molecule has 0 amide bonds. The molecule has 0 fully saturated rings. The Balaban J connectivity index is 2.29. The summed E-state index contributed by atoms with van der Waals surface area (Å²) in [5, 5.41) is 0. The maximum absolute atomic E-state index is 13.0. The molecule has 0 heterocycles. The van der Waals surface area contributed by atoms with Gasteiger partial charge >= 0.3 is 10.4 Å². The van der Waals surface area contributed by atoms with Gasteiger partial charge in [0.05, 0.1) is 0 Å². The summed E-state index contributed by atoms with van der Waals surface area (Å²) in [6.45, 7) is 14.3. The number of nitrogens with zero attached hydrogens (tertiary/aromatic N) is 2. The lowest BCUT2D eigenvalue weighted by Gasteiger charge is -2.20. The normalized spacial score (nSPS) is 12.1. The zero-order valence-electron chi connectivity index (χ0n) is 24.0. The van der Waals surface area contributed by atoms with Gasteiger partial charge in [-0.2, -0.15) is 0 Å². The Hall–Kier alpha value is -2.49. The number of likely N-dealkylation sites (N-methyl/N-ethyl adjacent to an activating group) is 2. The summed E-state index contributed by atoms with van der Waals surface area (Å²) >= 11 is 0. The van der Waals surface area contributed by atoms with Gasteiger partial charge in [-0.25, -0.2) is 0 Å². The van der Waals surface area contributed by atoms with E-state index in [0.29, 0.717) is 24.3 Å². The minimum absolute atomic E-state index is 0.108. The Morgan fingerprint density at radius 3 is 1.30 bits per heavy atom. The van der Waals surface area contributed by atoms with Gasteiger partial charge in [0.2, 0.25) is 0 Å². The molecule has 0 unspecified atom stereocenters. The summed E-state index contributed by atoms with van der Waals surface area (Å²) in [6.07, 6.45) is 0. The summed E-state index contributed by atoms with van der Waals surface area (Å²) < 4.78 is 48.8. The van der Waals surface area contributed by atoms with Crippen molar-refractivity contribution in [1.82, 2.24) is 9.80 Å². The van der Waals surface area contributed by atoms with Crippen LogP contribution in [-0.4, -0.2) is 72.7 Å². The van der Waals surface area contributed by atoms with Gasteiger partial charge in [0.1, 0.15) is 36.2 Å². The third-order valence-corrected chi connectivity index (χ3v) is 6.60. The topological polar surface area (TPSA) is 77.5 Å². The summed E-state index contributed by atoms with van der Waals surface area (Å²) in [4.78, 5) is 4.08.